The summed E-state index contributed by atoms with van der Waals surface area (Å²) in [5.41, 5.74) is -0.0570. The Morgan fingerprint density at radius 2 is 2.06 bits per heavy atom. The maximum Gasteiger partial charge on any atom is 0.257 e. The molecule has 92 valence electrons. The van der Waals surface area contributed by atoms with Gasteiger partial charge in [0, 0.05) is 32.3 Å². The second-order valence-electron chi connectivity index (χ2n) is 4.92. The number of hydrogen-bond donors (Lipinski definition) is 0. The second-order valence-corrected chi connectivity index (χ2v) is 5.67. The van der Waals surface area contributed by atoms with Crippen molar-refractivity contribution in [3.05, 3.63) is 28.2 Å². The summed E-state index contributed by atoms with van der Waals surface area (Å²) in [5.74, 6) is -2.90. The number of alkyl halides is 2. The van der Waals surface area contributed by atoms with Gasteiger partial charge in [0.15, 0.2) is 5.82 Å². The number of aromatic nitrogens is 1. The van der Waals surface area contributed by atoms with E-state index in [4.69, 9.17) is 0 Å². The molecule has 0 unspecified atom stereocenters. The third-order valence-electron chi connectivity index (χ3n) is 3.52. The van der Waals surface area contributed by atoms with Crippen LogP contribution in [0.1, 0.15) is 12.0 Å². The summed E-state index contributed by atoms with van der Waals surface area (Å²) in [4.78, 5) is 5.73. The average Bonchev–Trinajstić information content (AvgIpc) is 2.75. The molecular weight excluding hydrogens is 297 g/mol. The zero-order valence-corrected chi connectivity index (χ0v) is 10.5. The minimum Gasteiger partial charge on any atom is -0.297 e. The first kappa shape index (κ1) is 11.5. The minimum absolute atomic E-state index is 0.00342. The Kier molecular flexibility index (Phi) is 2.32. The van der Waals surface area contributed by atoms with Crippen molar-refractivity contribution in [1.82, 2.24) is 9.88 Å². The predicted octanol–water partition coefficient (Wildman–Crippen LogP) is 2.82. The van der Waals surface area contributed by atoms with Crippen molar-refractivity contribution in [2.75, 3.05) is 13.1 Å². The molecule has 0 amide bonds. The quantitative estimate of drug-likeness (QED) is 0.781. The molecule has 1 saturated heterocycles. The van der Waals surface area contributed by atoms with Gasteiger partial charge in [-0.05, 0) is 27.6 Å². The van der Waals surface area contributed by atoms with Gasteiger partial charge in [-0.1, -0.05) is 0 Å². The molecule has 2 nitrogen and oxygen atoms in total. The van der Waals surface area contributed by atoms with E-state index in [1.54, 1.807) is 6.20 Å². The average molecular weight is 307 g/mol. The summed E-state index contributed by atoms with van der Waals surface area (Å²) in [6.07, 6.45) is 1.56. The van der Waals surface area contributed by atoms with Crippen LogP contribution < -0.4 is 0 Å². The fraction of sp³-hybridized carbons (Fsp3) is 0.545. The van der Waals surface area contributed by atoms with Crippen molar-refractivity contribution >= 4 is 15.9 Å². The number of nitrogens with zero attached hydrogens (tertiary/aromatic N) is 2. The van der Waals surface area contributed by atoms with Crippen LogP contribution >= 0.6 is 15.9 Å². The van der Waals surface area contributed by atoms with E-state index in [1.165, 1.54) is 6.07 Å². The van der Waals surface area contributed by atoms with Gasteiger partial charge in [-0.15, -0.1) is 0 Å². The largest absolute Gasteiger partial charge is 0.297 e. The van der Waals surface area contributed by atoms with Crippen molar-refractivity contribution in [3.8, 4) is 0 Å². The van der Waals surface area contributed by atoms with E-state index in [-0.39, 0.29) is 11.0 Å². The third-order valence-corrected chi connectivity index (χ3v) is 4.11. The van der Waals surface area contributed by atoms with Crippen LogP contribution in [0.2, 0.25) is 0 Å². The molecule has 3 rings (SSSR count). The first-order valence-corrected chi connectivity index (χ1v) is 6.11. The molecule has 0 N–H and O–H groups in total. The lowest BCUT2D eigenvalue weighted by molar-refractivity contribution is -0.0280. The molecule has 6 heteroatoms. The fourth-order valence-electron chi connectivity index (χ4n) is 2.45. The van der Waals surface area contributed by atoms with Crippen LogP contribution in [0.4, 0.5) is 13.2 Å². The molecule has 2 heterocycles. The topological polar surface area (TPSA) is 16.1 Å². The lowest BCUT2D eigenvalue weighted by atomic mass is 9.95. The number of rotatable bonds is 2. The zero-order valence-electron chi connectivity index (χ0n) is 8.89. The molecule has 0 aromatic carbocycles. The number of pyridine rings is 1. The molecular formula is C11H10BrF3N2. The molecule has 0 radical (unpaired) electrons. The summed E-state index contributed by atoms with van der Waals surface area (Å²) in [5, 5.41) is 0. The maximum atomic E-state index is 13.2. The van der Waals surface area contributed by atoms with E-state index < -0.39 is 17.2 Å². The fourth-order valence-corrected chi connectivity index (χ4v) is 2.67. The minimum atomic E-state index is -2.48. The van der Waals surface area contributed by atoms with Crippen LogP contribution in [0.25, 0.3) is 0 Å². The van der Waals surface area contributed by atoms with Crippen LogP contribution in [-0.4, -0.2) is 28.9 Å². The van der Waals surface area contributed by atoms with Crippen molar-refractivity contribution in [2.45, 2.75) is 18.9 Å². The predicted molar refractivity (Wildman–Crippen MR) is 59.2 cm³/mol. The highest BCUT2D eigenvalue weighted by molar-refractivity contribution is 9.10. The van der Waals surface area contributed by atoms with Gasteiger partial charge in [0.05, 0.1) is 5.41 Å². The smallest absolute Gasteiger partial charge is 0.257 e. The SMILES string of the molecule is Fc1cc(CN2CC3(C2)CC3(F)F)cnc1Br. The Morgan fingerprint density at radius 3 is 2.59 bits per heavy atom. The van der Waals surface area contributed by atoms with Gasteiger partial charge < -0.3 is 0 Å². The van der Waals surface area contributed by atoms with Gasteiger partial charge in [0.25, 0.3) is 5.92 Å². The lowest BCUT2D eigenvalue weighted by Crippen LogP contribution is -2.50. The van der Waals surface area contributed by atoms with Crippen molar-refractivity contribution in [1.29, 1.82) is 0 Å². The molecule has 1 aromatic rings. The van der Waals surface area contributed by atoms with Crippen LogP contribution in [0.3, 0.4) is 0 Å². The standard InChI is InChI=1S/C11H10BrF3N2/c12-9-8(13)1-7(2-16-9)3-17-5-10(6-17)4-11(10,14)15/h1-2H,3-6H2. The van der Waals surface area contributed by atoms with Crippen LogP contribution in [0.15, 0.2) is 16.9 Å². The van der Waals surface area contributed by atoms with Crippen molar-refractivity contribution in [2.24, 2.45) is 5.41 Å². The Balaban J connectivity index is 1.61. The Labute approximate surface area is 105 Å². The van der Waals surface area contributed by atoms with E-state index in [2.05, 4.69) is 20.9 Å². The second kappa shape index (κ2) is 3.45. The van der Waals surface area contributed by atoms with Gasteiger partial charge in [-0.25, -0.2) is 18.2 Å². The van der Waals surface area contributed by atoms with E-state index in [0.29, 0.717) is 25.2 Å². The molecule has 1 saturated carbocycles. The van der Waals surface area contributed by atoms with E-state index >= 15 is 0 Å². The van der Waals surface area contributed by atoms with E-state index in [9.17, 15) is 13.2 Å². The summed E-state index contributed by atoms with van der Waals surface area (Å²) in [6.45, 7) is 1.28. The van der Waals surface area contributed by atoms with Gasteiger partial charge in [-0.2, -0.15) is 0 Å². The molecule has 1 aliphatic heterocycles. The highest BCUT2D eigenvalue weighted by Crippen LogP contribution is 2.65. The number of likely N-dealkylation sites (tertiary alicyclic amines) is 1. The van der Waals surface area contributed by atoms with Gasteiger partial charge in [0.2, 0.25) is 0 Å². The monoisotopic (exact) mass is 306 g/mol. The normalized spacial score (nSPS) is 24.7. The molecule has 2 fully saturated rings. The van der Waals surface area contributed by atoms with Gasteiger partial charge in [0.1, 0.15) is 4.60 Å². The first-order chi connectivity index (χ1) is 7.92. The number of halogens is 4. The third kappa shape index (κ3) is 1.78. The Hall–Kier alpha value is -0.620. The highest BCUT2D eigenvalue weighted by atomic mass is 79.9. The number of hydrogen-bond acceptors (Lipinski definition) is 2. The molecule has 0 bridgehead atoms. The van der Waals surface area contributed by atoms with Crippen LogP contribution in [-0.2, 0) is 6.54 Å². The highest BCUT2D eigenvalue weighted by Gasteiger charge is 2.75. The molecule has 17 heavy (non-hydrogen) atoms. The Morgan fingerprint density at radius 1 is 1.41 bits per heavy atom. The van der Waals surface area contributed by atoms with Crippen LogP contribution in [0.5, 0.6) is 0 Å². The van der Waals surface area contributed by atoms with Gasteiger partial charge >= 0.3 is 0 Å². The summed E-state index contributed by atoms with van der Waals surface area (Å²) in [7, 11) is 0. The van der Waals surface area contributed by atoms with Gasteiger partial charge in [-0.3, -0.25) is 4.90 Å². The molecule has 2 aliphatic rings. The summed E-state index contributed by atoms with van der Waals surface area (Å²) >= 11 is 2.97. The zero-order chi connectivity index (χ0) is 12.3. The van der Waals surface area contributed by atoms with E-state index in [0.717, 1.165) is 0 Å². The molecule has 0 atom stereocenters. The van der Waals surface area contributed by atoms with Crippen LogP contribution in [0, 0.1) is 11.2 Å². The Bertz CT molecular complexity index is 472. The molecule has 1 aromatic heterocycles. The first-order valence-electron chi connectivity index (χ1n) is 5.32. The van der Waals surface area contributed by atoms with Crippen molar-refractivity contribution < 1.29 is 13.2 Å². The summed E-state index contributed by atoms with van der Waals surface area (Å²) in [6, 6.07) is 1.38. The molecule has 1 aliphatic carbocycles. The van der Waals surface area contributed by atoms with E-state index in [1.807, 2.05) is 4.90 Å². The summed E-state index contributed by atoms with van der Waals surface area (Å²) < 4.78 is 39.3. The molecule has 1 spiro atoms. The van der Waals surface area contributed by atoms with Crippen molar-refractivity contribution in [3.63, 3.8) is 0 Å². The maximum absolute atomic E-state index is 13.2. The lowest BCUT2D eigenvalue weighted by Gasteiger charge is -2.39.